The van der Waals surface area contributed by atoms with Gasteiger partial charge in [-0.15, -0.1) is 0 Å². The number of anilines is 2. The van der Waals surface area contributed by atoms with Crippen LogP contribution < -0.4 is 10.0 Å². The van der Waals surface area contributed by atoms with Gasteiger partial charge in [0.05, 0.1) is 11.4 Å². The Balaban J connectivity index is 1.68. The summed E-state index contributed by atoms with van der Waals surface area (Å²) in [6, 6.07) is 8.39. The number of hydrogen-bond acceptors (Lipinski definition) is 4. The summed E-state index contributed by atoms with van der Waals surface area (Å²) in [5.41, 5.74) is 1.47. The molecule has 26 heavy (non-hydrogen) atoms. The fraction of sp³-hybridized carbons (Fsp3) is 0.444. The summed E-state index contributed by atoms with van der Waals surface area (Å²) >= 11 is 0. The molecule has 0 bridgehead atoms. The molecule has 0 saturated heterocycles. The molecule has 1 saturated carbocycles. The van der Waals surface area contributed by atoms with Gasteiger partial charge < -0.3 is 5.32 Å². The summed E-state index contributed by atoms with van der Waals surface area (Å²) < 4.78 is 28.0. The third-order valence-corrected chi connectivity index (χ3v) is 5.96. The van der Waals surface area contributed by atoms with Crippen molar-refractivity contribution in [3.05, 3.63) is 42.2 Å². The lowest BCUT2D eigenvalue weighted by Gasteiger charge is -2.25. The lowest BCUT2D eigenvalue weighted by atomic mass is 9.85. The van der Waals surface area contributed by atoms with E-state index in [2.05, 4.69) is 15.1 Å². The van der Waals surface area contributed by atoms with Gasteiger partial charge in [0.1, 0.15) is 5.69 Å². The van der Waals surface area contributed by atoms with Crippen LogP contribution in [0.1, 0.15) is 43.1 Å². The average molecular weight is 376 g/mol. The average Bonchev–Trinajstić information content (AvgIpc) is 2.99. The minimum absolute atomic E-state index is 0.0595. The lowest BCUT2D eigenvalue weighted by molar-refractivity contribution is 0.101. The number of sulfonamides is 1. The van der Waals surface area contributed by atoms with Gasteiger partial charge >= 0.3 is 0 Å². The number of rotatable bonds is 8. The van der Waals surface area contributed by atoms with E-state index in [-0.39, 0.29) is 11.7 Å². The Morgan fingerprint density at radius 3 is 2.73 bits per heavy atom. The maximum Gasteiger partial charge on any atom is 0.273 e. The van der Waals surface area contributed by atoms with E-state index in [1.165, 1.54) is 19.3 Å². The molecule has 0 aliphatic heterocycles. The Morgan fingerprint density at radius 1 is 1.27 bits per heavy atom. The minimum atomic E-state index is -3.37. The van der Waals surface area contributed by atoms with Crippen LogP contribution in [-0.4, -0.2) is 29.9 Å². The number of carbonyl (C=O) groups excluding carboxylic acids is 1. The van der Waals surface area contributed by atoms with Crippen LogP contribution in [-0.2, 0) is 16.6 Å². The van der Waals surface area contributed by atoms with Crippen molar-refractivity contribution in [1.82, 2.24) is 9.78 Å². The molecule has 1 aliphatic carbocycles. The molecular formula is C18H24N4O3S. The molecule has 8 heteroatoms. The van der Waals surface area contributed by atoms with E-state index >= 15 is 0 Å². The first kappa shape index (κ1) is 18.4. The monoisotopic (exact) mass is 376 g/mol. The quantitative estimate of drug-likeness (QED) is 0.740. The number of carbonyl (C=O) groups is 1. The second-order valence-corrected chi connectivity index (χ2v) is 8.49. The maximum absolute atomic E-state index is 12.6. The molecule has 1 aliphatic rings. The van der Waals surface area contributed by atoms with E-state index < -0.39 is 10.0 Å². The molecule has 3 rings (SSSR count). The highest BCUT2D eigenvalue weighted by Gasteiger charge is 2.21. The molecular weight excluding hydrogens is 352 g/mol. The molecule has 1 fully saturated rings. The maximum atomic E-state index is 12.6. The fourth-order valence-electron chi connectivity index (χ4n) is 2.95. The number of nitrogens with zero attached hydrogens (tertiary/aromatic N) is 2. The van der Waals surface area contributed by atoms with E-state index in [4.69, 9.17) is 0 Å². The van der Waals surface area contributed by atoms with Gasteiger partial charge in [0.25, 0.3) is 5.91 Å². The second kappa shape index (κ2) is 7.90. The van der Waals surface area contributed by atoms with Gasteiger partial charge in [0.15, 0.2) is 0 Å². The molecule has 1 amide bonds. The third-order valence-electron chi connectivity index (χ3n) is 4.47. The zero-order valence-corrected chi connectivity index (χ0v) is 15.6. The summed E-state index contributed by atoms with van der Waals surface area (Å²) in [4.78, 5) is 12.6. The second-order valence-electron chi connectivity index (χ2n) is 6.65. The van der Waals surface area contributed by atoms with Crippen LogP contribution in [0, 0.1) is 5.92 Å². The van der Waals surface area contributed by atoms with E-state index in [1.54, 1.807) is 41.2 Å². The number of hydrogen-bond donors (Lipinski definition) is 2. The topological polar surface area (TPSA) is 93.1 Å². The van der Waals surface area contributed by atoms with Gasteiger partial charge in [-0.25, -0.2) is 8.42 Å². The van der Waals surface area contributed by atoms with Gasteiger partial charge in [-0.1, -0.05) is 19.4 Å². The molecule has 2 N–H and O–H groups in total. The SMILES string of the molecule is CCCS(=O)(=O)Nc1cccc(NC(=O)c2ccnn2CC2CCC2)c1. The summed E-state index contributed by atoms with van der Waals surface area (Å²) in [5, 5.41) is 7.07. The van der Waals surface area contributed by atoms with Crippen molar-refractivity contribution in [3.63, 3.8) is 0 Å². The van der Waals surface area contributed by atoms with Crippen molar-refractivity contribution < 1.29 is 13.2 Å². The fourth-order valence-corrected chi connectivity index (χ4v) is 4.07. The van der Waals surface area contributed by atoms with Crippen molar-refractivity contribution in [2.24, 2.45) is 5.92 Å². The Kier molecular flexibility index (Phi) is 5.61. The Bertz CT molecular complexity index is 872. The van der Waals surface area contributed by atoms with Crippen LogP contribution in [0.25, 0.3) is 0 Å². The van der Waals surface area contributed by atoms with Gasteiger partial charge in [-0.05, 0) is 49.4 Å². The highest BCUT2D eigenvalue weighted by atomic mass is 32.2. The van der Waals surface area contributed by atoms with Gasteiger partial charge in [0, 0.05) is 18.4 Å². The normalized spacial score (nSPS) is 14.7. The van der Waals surface area contributed by atoms with Crippen molar-refractivity contribution in [2.75, 3.05) is 15.8 Å². The molecule has 7 nitrogen and oxygen atoms in total. The zero-order chi connectivity index (χ0) is 18.6. The lowest BCUT2D eigenvalue weighted by Crippen LogP contribution is -2.24. The van der Waals surface area contributed by atoms with Crippen molar-refractivity contribution in [1.29, 1.82) is 0 Å². The third kappa shape index (κ3) is 4.63. The molecule has 1 aromatic carbocycles. The predicted molar refractivity (Wildman–Crippen MR) is 102 cm³/mol. The largest absolute Gasteiger partial charge is 0.321 e. The molecule has 2 aromatic rings. The number of aromatic nitrogens is 2. The predicted octanol–water partition coefficient (Wildman–Crippen LogP) is 3.09. The Morgan fingerprint density at radius 2 is 2.04 bits per heavy atom. The molecule has 0 spiro atoms. The smallest absolute Gasteiger partial charge is 0.273 e. The van der Waals surface area contributed by atoms with E-state index in [0.717, 1.165) is 6.54 Å². The Hall–Kier alpha value is -2.35. The first-order valence-corrected chi connectivity index (χ1v) is 10.6. The number of benzene rings is 1. The van der Waals surface area contributed by atoms with Crippen LogP contribution in [0.4, 0.5) is 11.4 Å². The van der Waals surface area contributed by atoms with Crippen molar-refractivity contribution in [2.45, 2.75) is 39.2 Å². The number of nitrogens with one attached hydrogen (secondary N) is 2. The van der Waals surface area contributed by atoms with Gasteiger partial charge in [-0.2, -0.15) is 5.10 Å². The first-order valence-electron chi connectivity index (χ1n) is 8.90. The standard InChI is InChI=1S/C18H24N4O3S/c1-2-11-26(24,25)21-16-8-4-7-15(12-16)20-18(23)17-9-10-19-22(17)13-14-5-3-6-14/h4,7-10,12,14,21H,2-3,5-6,11,13H2,1H3,(H,20,23). The molecule has 0 unspecified atom stereocenters. The molecule has 1 aromatic heterocycles. The summed E-state index contributed by atoms with van der Waals surface area (Å²) in [5.74, 6) is 0.400. The highest BCUT2D eigenvalue weighted by Crippen LogP contribution is 2.28. The van der Waals surface area contributed by atoms with Crippen LogP contribution >= 0.6 is 0 Å². The number of amides is 1. The molecule has 1 heterocycles. The summed E-state index contributed by atoms with van der Waals surface area (Å²) in [6.07, 6.45) is 5.77. The van der Waals surface area contributed by atoms with Crippen LogP contribution in [0.15, 0.2) is 36.5 Å². The van der Waals surface area contributed by atoms with Crippen molar-refractivity contribution >= 4 is 27.3 Å². The molecule has 0 radical (unpaired) electrons. The highest BCUT2D eigenvalue weighted by molar-refractivity contribution is 7.92. The molecule has 140 valence electrons. The van der Waals surface area contributed by atoms with Gasteiger partial charge in [0.2, 0.25) is 10.0 Å². The van der Waals surface area contributed by atoms with E-state index in [0.29, 0.717) is 29.4 Å². The van der Waals surface area contributed by atoms with Gasteiger partial charge in [-0.3, -0.25) is 14.2 Å². The van der Waals surface area contributed by atoms with Crippen LogP contribution in [0.2, 0.25) is 0 Å². The summed E-state index contributed by atoms with van der Waals surface area (Å²) in [7, 11) is -3.37. The first-order chi connectivity index (χ1) is 12.5. The molecule has 0 atom stereocenters. The van der Waals surface area contributed by atoms with Crippen LogP contribution in [0.3, 0.4) is 0 Å². The van der Waals surface area contributed by atoms with E-state index in [9.17, 15) is 13.2 Å². The van der Waals surface area contributed by atoms with E-state index in [1.807, 2.05) is 6.92 Å². The summed E-state index contributed by atoms with van der Waals surface area (Å²) in [6.45, 7) is 2.56. The van der Waals surface area contributed by atoms with Crippen molar-refractivity contribution in [3.8, 4) is 0 Å². The minimum Gasteiger partial charge on any atom is -0.321 e. The zero-order valence-electron chi connectivity index (χ0n) is 14.8. The Labute approximate surface area is 153 Å². The van der Waals surface area contributed by atoms with Crippen LogP contribution in [0.5, 0.6) is 0 Å².